The molecule has 2 aromatic carbocycles. The molecule has 3 rings (SSSR count). The molecule has 10 heteroatoms. The normalized spacial score (nSPS) is 11.3. The molecule has 0 atom stereocenters. The lowest BCUT2D eigenvalue weighted by Crippen LogP contribution is -2.17. The molecule has 30 heavy (non-hydrogen) atoms. The second-order valence-corrected chi connectivity index (χ2v) is 6.70. The van der Waals surface area contributed by atoms with Crippen LogP contribution < -0.4 is 10.1 Å². The van der Waals surface area contributed by atoms with E-state index in [2.05, 4.69) is 15.2 Å². The van der Waals surface area contributed by atoms with E-state index in [1.807, 2.05) is 0 Å². The van der Waals surface area contributed by atoms with Crippen LogP contribution in [0.1, 0.15) is 15.9 Å². The molecule has 0 saturated carbocycles. The number of hydrogen-bond acceptors (Lipinski definition) is 4. The lowest BCUT2D eigenvalue weighted by molar-refractivity contribution is -0.176. The summed E-state index contributed by atoms with van der Waals surface area (Å²) < 4.78 is 48.2. The summed E-state index contributed by atoms with van der Waals surface area (Å²) >= 11 is 5.90. The van der Waals surface area contributed by atoms with Crippen LogP contribution in [-0.4, -0.2) is 28.5 Å². The number of aromatic nitrogens is 2. The summed E-state index contributed by atoms with van der Waals surface area (Å²) in [7, 11) is 0. The highest BCUT2D eigenvalue weighted by Crippen LogP contribution is 2.18. The topological polar surface area (TPSA) is 65.4 Å². The fourth-order valence-corrected chi connectivity index (χ4v) is 2.67. The van der Waals surface area contributed by atoms with Crippen molar-refractivity contribution in [2.45, 2.75) is 19.5 Å². The highest BCUT2D eigenvalue weighted by Gasteiger charge is 2.27. The van der Waals surface area contributed by atoms with Crippen molar-refractivity contribution in [3.8, 4) is 5.75 Å². The van der Waals surface area contributed by atoms with Crippen molar-refractivity contribution < 1.29 is 27.4 Å². The summed E-state index contributed by atoms with van der Waals surface area (Å²) in [5.41, 5.74) is 1.18. The van der Waals surface area contributed by atoms with Crippen molar-refractivity contribution in [2.24, 2.45) is 0 Å². The highest BCUT2D eigenvalue weighted by molar-refractivity contribution is 6.30. The predicted molar refractivity (Wildman–Crippen MR) is 104 cm³/mol. The molecule has 0 aliphatic heterocycles. The van der Waals surface area contributed by atoms with Crippen molar-refractivity contribution in [3.05, 3.63) is 77.1 Å². The van der Waals surface area contributed by atoms with Crippen molar-refractivity contribution in [2.75, 3.05) is 11.9 Å². The van der Waals surface area contributed by atoms with Crippen LogP contribution in [-0.2, 0) is 18.1 Å². The zero-order valence-electron chi connectivity index (χ0n) is 15.5. The number of nitrogens with one attached hydrogen (secondary N) is 1. The third-order valence-electron chi connectivity index (χ3n) is 3.77. The van der Waals surface area contributed by atoms with Gasteiger partial charge in [-0.1, -0.05) is 29.8 Å². The Morgan fingerprint density at radius 3 is 2.73 bits per heavy atom. The van der Waals surface area contributed by atoms with E-state index in [1.54, 1.807) is 48.7 Å². The Balaban J connectivity index is 1.54. The summed E-state index contributed by atoms with van der Waals surface area (Å²) in [4.78, 5) is 12.4. The number of benzene rings is 2. The van der Waals surface area contributed by atoms with Crippen LogP contribution in [0.15, 0.2) is 60.9 Å². The summed E-state index contributed by atoms with van der Waals surface area (Å²) in [6.07, 6.45) is -1.36. The van der Waals surface area contributed by atoms with Gasteiger partial charge in [0.2, 0.25) is 0 Å². The van der Waals surface area contributed by atoms with Gasteiger partial charge in [-0.15, -0.1) is 0 Å². The first-order valence-electron chi connectivity index (χ1n) is 8.74. The third-order valence-corrected chi connectivity index (χ3v) is 4.01. The lowest BCUT2D eigenvalue weighted by atomic mass is 10.1. The van der Waals surface area contributed by atoms with Gasteiger partial charge >= 0.3 is 6.18 Å². The van der Waals surface area contributed by atoms with Gasteiger partial charge in [0.05, 0.1) is 24.7 Å². The van der Waals surface area contributed by atoms with Crippen LogP contribution in [0.25, 0.3) is 0 Å². The first-order valence-corrected chi connectivity index (χ1v) is 9.12. The second kappa shape index (κ2) is 9.64. The summed E-state index contributed by atoms with van der Waals surface area (Å²) in [5.74, 6) is 0.149. The smallest absolute Gasteiger partial charge is 0.411 e. The third kappa shape index (κ3) is 6.78. The van der Waals surface area contributed by atoms with E-state index in [9.17, 15) is 18.0 Å². The Labute approximate surface area is 175 Å². The first-order chi connectivity index (χ1) is 14.3. The zero-order valence-corrected chi connectivity index (χ0v) is 16.3. The maximum absolute atomic E-state index is 12.4. The molecule has 0 saturated heterocycles. The Bertz CT molecular complexity index is 1010. The molecule has 0 radical (unpaired) electrons. The van der Waals surface area contributed by atoms with Crippen LogP contribution in [0.5, 0.6) is 5.75 Å². The minimum Gasteiger partial charge on any atom is -0.471 e. The van der Waals surface area contributed by atoms with Gasteiger partial charge in [0.1, 0.15) is 12.4 Å². The number of anilines is 1. The summed E-state index contributed by atoms with van der Waals surface area (Å²) in [6, 6.07) is 13.1. The second-order valence-electron chi connectivity index (χ2n) is 6.26. The molecule has 0 aliphatic carbocycles. The Morgan fingerprint density at radius 2 is 1.97 bits per heavy atom. The molecule has 0 aliphatic rings. The molecule has 1 amide bonds. The number of rotatable bonds is 8. The van der Waals surface area contributed by atoms with Gasteiger partial charge in [-0.2, -0.15) is 18.3 Å². The number of amides is 1. The summed E-state index contributed by atoms with van der Waals surface area (Å²) in [5, 5.41) is 7.32. The fraction of sp³-hybridized carbons (Fsp3) is 0.200. The molecule has 0 fully saturated rings. The largest absolute Gasteiger partial charge is 0.471 e. The van der Waals surface area contributed by atoms with Crippen molar-refractivity contribution in [3.63, 3.8) is 0 Å². The SMILES string of the molecule is O=C(Nc1cnn(COc2cccc(Cl)c2)c1)c1cccc(COCC(F)(F)F)c1. The quantitative estimate of drug-likeness (QED) is 0.542. The van der Waals surface area contributed by atoms with E-state index < -0.39 is 18.7 Å². The Kier molecular flexibility index (Phi) is 6.96. The molecule has 0 unspecified atom stereocenters. The molecule has 6 nitrogen and oxygen atoms in total. The number of carbonyl (C=O) groups excluding carboxylic acids is 1. The molecular weight excluding hydrogens is 423 g/mol. The number of ether oxygens (including phenoxy) is 2. The first kappa shape index (κ1) is 21.7. The van der Waals surface area contributed by atoms with Gasteiger partial charge in [0.15, 0.2) is 6.73 Å². The minimum atomic E-state index is -4.40. The number of alkyl halides is 3. The molecule has 1 N–H and O–H groups in total. The molecule has 1 aromatic heterocycles. The van der Waals surface area contributed by atoms with Gasteiger partial charge in [-0.3, -0.25) is 4.79 Å². The standard InChI is InChI=1S/C20H17ClF3N3O3/c21-16-5-2-6-18(8-16)30-13-27-10-17(9-25-27)26-19(28)15-4-1-3-14(7-15)11-29-12-20(22,23)24/h1-10H,11-13H2,(H,26,28). The molecule has 0 bridgehead atoms. The van der Waals surface area contributed by atoms with Crippen molar-refractivity contribution in [1.29, 1.82) is 0 Å². The average Bonchev–Trinajstić information content (AvgIpc) is 3.13. The van der Waals surface area contributed by atoms with Gasteiger partial charge < -0.3 is 14.8 Å². The van der Waals surface area contributed by atoms with Crippen LogP contribution in [0, 0.1) is 0 Å². The fourth-order valence-electron chi connectivity index (χ4n) is 2.49. The van der Waals surface area contributed by atoms with Crippen LogP contribution in [0.4, 0.5) is 18.9 Å². The van der Waals surface area contributed by atoms with Gasteiger partial charge in [-0.05, 0) is 35.9 Å². The zero-order chi connectivity index (χ0) is 21.6. The number of nitrogens with zero attached hydrogens (tertiary/aromatic N) is 2. The molecule has 1 heterocycles. The number of hydrogen-bond donors (Lipinski definition) is 1. The Morgan fingerprint density at radius 1 is 1.17 bits per heavy atom. The summed E-state index contributed by atoms with van der Waals surface area (Å²) in [6.45, 7) is -1.48. The van der Waals surface area contributed by atoms with E-state index in [-0.39, 0.29) is 18.9 Å². The van der Waals surface area contributed by atoms with Crippen LogP contribution >= 0.6 is 11.6 Å². The van der Waals surface area contributed by atoms with Crippen molar-refractivity contribution >= 4 is 23.2 Å². The minimum absolute atomic E-state index is 0.113. The maximum atomic E-state index is 12.4. The van der Waals surface area contributed by atoms with E-state index >= 15 is 0 Å². The van der Waals surface area contributed by atoms with E-state index in [4.69, 9.17) is 16.3 Å². The van der Waals surface area contributed by atoms with Crippen LogP contribution in [0.3, 0.4) is 0 Å². The van der Waals surface area contributed by atoms with E-state index in [0.717, 1.165) is 0 Å². The van der Waals surface area contributed by atoms with Gasteiger partial charge in [0, 0.05) is 10.6 Å². The van der Waals surface area contributed by atoms with E-state index in [1.165, 1.54) is 16.9 Å². The maximum Gasteiger partial charge on any atom is 0.411 e. The predicted octanol–water partition coefficient (Wildman–Crippen LogP) is 4.90. The molecular formula is C20H17ClF3N3O3. The number of halogens is 4. The van der Waals surface area contributed by atoms with Gasteiger partial charge in [0.25, 0.3) is 5.91 Å². The molecule has 158 valence electrons. The monoisotopic (exact) mass is 439 g/mol. The van der Waals surface area contributed by atoms with Gasteiger partial charge in [-0.25, -0.2) is 4.68 Å². The highest BCUT2D eigenvalue weighted by atomic mass is 35.5. The van der Waals surface area contributed by atoms with Crippen LogP contribution in [0.2, 0.25) is 5.02 Å². The van der Waals surface area contributed by atoms with Crippen molar-refractivity contribution in [1.82, 2.24) is 9.78 Å². The molecule has 0 spiro atoms. The number of carbonyl (C=O) groups is 1. The van der Waals surface area contributed by atoms with E-state index in [0.29, 0.717) is 22.0 Å². The average molecular weight is 440 g/mol. The Hall–Kier alpha value is -3.04. The lowest BCUT2D eigenvalue weighted by Gasteiger charge is -2.09. The molecule has 3 aromatic rings.